The van der Waals surface area contributed by atoms with Crippen molar-refractivity contribution in [1.29, 1.82) is 5.26 Å². The lowest BCUT2D eigenvalue weighted by atomic mass is 10.2. The first-order chi connectivity index (χ1) is 4.75. The molecule has 0 amide bonds. The van der Waals surface area contributed by atoms with E-state index in [1.54, 1.807) is 0 Å². The molecular formula is C7H4ClN2. The van der Waals surface area contributed by atoms with Gasteiger partial charge in [0.05, 0.1) is 16.3 Å². The van der Waals surface area contributed by atoms with Crippen LogP contribution in [0, 0.1) is 17.4 Å². The van der Waals surface area contributed by atoms with Gasteiger partial charge in [-0.2, -0.15) is 5.26 Å². The van der Waals surface area contributed by atoms with Gasteiger partial charge in [-0.05, 0) is 18.2 Å². The quantitative estimate of drug-likeness (QED) is 0.573. The molecule has 3 heteroatoms. The molecular weight excluding hydrogens is 148 g/mol. The molecule has 0 bridgehead atoms. The van der Waals surface area contributed by atoms with Crippen molar-refractivity contribution in [2.45, 2.75) is 0 Å². The number of nitrogen functional groups attached to an aromatic ring is 1. The fourth-order valence-electron chi connectivity index (χ4n) is 0.605. The number of hydrogen-bond donors (Lipinski definition) is 1. The SMILES string of the molecule is N#Cc1c(N)c[c]cc1Cl. The van der Waals surface area contributed by atoms with Crippen molar-refractivity contribution in [3.63, 3.8) is 0 Å². The minimum absolute atomic E-state index is 0.320. The largest absolute Gasteiger partial charge is 0.398 e. The van der Waals surface area contributed by atoms with Gasteiger partial charge in [0.25, 0.3) is 0 Å². The third kappa shape index (κ3) is 1.04. The maximum atomic E-state index is 8.47. The van der Waals surface area contributed by atoms with Crippen LogP contribution in [0.4, 0.5) is 5.69 Å². The summed E-state index contributed by atoms with van der Waals surface area (Å²) in [7, 11) is 0. The Bertz CT molecular complexity index is 268. The van der Waals surface area contributed by atoms with Gasteiger partial charge in [0, 0.05) is 0 Å². The molecule has 10 heavy (non-hydrogen) atoms. The van der Waals surface area contributed by atoms with Crippen molar-refractivity contribution in [2.75, 3.05) is 5.73 Å². The van der Waals surface area contributed by atoms with Gasteiger partial charge >= 0.3 is 0 Å². The summed E-state index contributed by atoms with van der Waals surface area (Å²) >= 11 is 5.60. The van der Waals surface area contributed by atoms with Crippen LogP contribution in [0.3, 0.4) is 0 Å². The molecule has 0 unspecified atom stereocenters. The van der Waals surface area contributed by atoms with Crippen molar-refractivity contribution in [2.24, 2.45) is 0 Å². The smallest absolute Gasteiger partial charge is 0.103 e. The molecule has 49 valence electrons. The van der Waals surface area contributed by atoms with Gasteiger partial charge in [-0.1, -0.05) is 11.6 Å². The van der Waals surface area contributed by atoms with Crippen LogP contribution in [0.25, 0.3) is 0 Å². The molecule has 0 fully saturated rings. The van der Waals surface area contributed by atoms with Crippen LogP contribution in [0.1, 0.15) is 5.56 Å². The van der Waals surface area contributed by atoms with Crippen molar-refractivity contribution in [1.82, 2.24) is 0 Å². The second-order valence-corrected chi connectivity index (χ2v) is 2.15. The molecule has 0 saturated heterocycles. The lowest BCUT2D eigenvalue weighted by Gasteiger charge is -1.95. The van der Waals surface area contributed by atoms with Gasteiger partial charge in [0.15, 0.2) is 0 Å². The summed E-state index contributed by atoms with van der Waals surface area (Å²) in [5.41, 5.74) is 6.08. The molecule has 1 aromatic carbocycles. The summed E-state index contributed by atoms with van der Waals surface area (Å²) in [5.74, 6) is 0. The highest BCUT2D eigenvalue weighted by Gasteiger charge is 2.00. The fraction of sp³-hybridized carbons (Fsp3) is 0. The molecule has 0 saturated carbocycles. The molecule has 0 aliphatic carbocycles. The molecule has 0 atom stereocenters. The van der Waals surface area contributed by atoms with Crippen LogP contribution in [-0.2, 0) is 0 Å². The van der Waals surface area contributed by atoms with Gasteiger partial charge in [-0.15, -0.1) is 0 Å². The predicted molar refractivity (Wildman–Crippen MR) is 39.4 cm³/mol. The predicted octanol–water partition coefficient (Wildman–Crippen LogP) is 1.59. The first-order valence-electron chi connectivity index (χ1n) is 2.61. The number of nitrogens with two attached hydrogens (primary N) is 1. The van der Waals surface area contributed by atoms with Crippen LogP contribution < -0.4 is 5.73 Å². The first kappa shape index (κ1) is 6.91. The minimum Gasteiger partial charge on any atom is -0.398 e. The third-order valence-electron chi connectivity index (χ3n) is 1.09. The standard InChI is InChI=1S/C7H4ClN2/c8-6-2-1-3-7(10)5(6)4-9/h2-3H,10H2. The Labute approximate surface area is 63.8 Å². The van der Waals surface area contributed by atoms with Gasteiger partial charge in [0.1, 0.15) is 6.07 Å². The lowest BCUT2D eigenvalue weighted by molar-refractivity contribution is 1.48. The Morgan fingerprint density at radius 1 is 1.60 bits per heavy atom. The maximum absolute atomic E-state index is 8.47. The van der Waals surface area contributed by atoms with Crippen LogP contribution in [-0.4, -0.2) is 0 Å². The van der Waals surface area contributed by atoms with Crippen molar-refractivity contribution >= 4 is 17.3 Å². The Morgan fingerprint density at radius 3 is 2.70 bits per heavy atom. The van der Waals surface area contributed by atoms with Crippen molar-refractivity contribution in [3.05, 3.63) is 28.8 Å². The highest BCUT2D eigenvalue weighted by Crippen LogP contribution is 2.19. The van der Waals surface area contributed by atoms with E-state index >= 15 is 0 Å². The molecule has 1 radical (unpaired) electrons. The van der Waals surface area contributed by atoms with Crippen LogP contribution >= 0.6 is 11.6 Å². The normalized spacial score (nSPS) is 8.80. The van der Waals surface area contributed by atoms with Gasteiger partial charge in [-0.25, -0.2) is 0 Å². The number of anilines is 1. The van der Waals surface area contributed by atoms with E-state index in [2.05, 4.69) is 6.07 Å². The highest BCUT2D eigenvalue weighted by molar-refractivity contribution is 6.32. The summed E-state index contributed by atoms with van der Waals surface area (Å²) < 4.78 is 0. The molecule has 0 aromatic heterocycles. The van der Waals surface area contributed by atoms with Crippen LogP contribution in [0.2, 0.25) is 5.02 Å². The highest BCUT2D eigenvalue weighted by atomic mass is 35.5. The average molecular weight is 152 g/mol. The number of nitrogens with zero attached hydrogens (tertiary/aromatic N) is 1. The Balaban J connectivity index is 3.34. The van der Waals surface area contributed by atoms with E-state index in [0.717, 1.165) is 0 Å². The zero-order valence-electron chi connectivity index (χ0n) is 5.06. The molecule has 0 aliphatic rings. The van der Waals surface area contributed by atoms with E-state index in [0.29, 0.717) is 16.3 Å². The van der Waals surface area contributed by atoms with E-state index in [1.807, 2.05) is 6.07 Å². The molecule has 0 aliphatic heterocycles. The molecule has 2 nitrogen and oxygen atoms in total. The Hall–Kier alpha value is -1.20. The van der Waals surface area contributed by atoms with Gasteiger partial charge in [0.2, 0.25) is 0 Å². The van der Waals surface area contributed by atoms with E-state index in [4.69, 9.17) is 22.6 Å². The van der Waals surface area contributed by atoms with E-state index in [9.17, 15) is 0 Å². The third-order valence-corrected chi connectivity index (χ3v) is 1.39. The van der Waals surface area contributed by atoms with Crippen LogP contribution in [0.15, 0.2) is 12.1 Å². The molecule has 1 aromatic rings. The monoisotopic (exact) mass is 151 g/mol. The Kier molecular flexibility index (Phi) is 1.79. The average Bonchev–Trinajstić information content (AvgIpc) is 1.88. The van der Waals surface area contributed by atoms with Crippen LogP contribution in [0.5, 0.6) is 0 Å². The van der Waals surface area contributed by atoms with Gasteiger partial charge in [-0.3, -0.25) is 0 Å². The second kappa shape index (κ2) is 2.59. The molecule has 0 spiro atoms. The topological polar surface area (TPSA) is 49.8 Å². The summed E-state index contributed by atoms with van der Waals surface area (Å²) in [4.78, 5) is 0. The summed E-state index contributed by atoms with van der Waals surface area (Å²) in [6.45, 7) is 0. The van der Waals surface area contributed by atoms with Gasteiger partial charge < -0.3 is 5.73 Å². The number of rotatable bonds is 0. The number of nitriles is 1. The lowest BCUT2D eigenvalue weighted by Crippen LogP contribution is -1.89. The van der Waals surface area contributed by atoms with E-state index < -0.39 is 0 Å². The summed E-state index contributed by atoms with van der Waals surface area (Å²) in [6, 6.07) is 7.61. The second-order valence-electron chi connectivity index (χ2n) is 1.75. The van der Waals surface area contributed by atoms with E-state index in [1.165, 1.54) is 12.1 Å². The van der Waals surface area contributed by atoms with Crippen molar-refractivity contribution < 1.29 is 0 Å². The van der Waals surface area contributed by atoms with E-state index in [-0.39, 0.29) is 0 Å². The first-order valence-corrected chi connectivity index (χ1v) is 2.98. The summed E-state index contributed by atoms with van der Waals surface area (Å²) in [6.07, 6.45) is 0. The Morgan fingerprint density at radius 2 is 2.30 bits per heavy atom. The molecule has 1 rings (SSSR count). The zero-order valence-corrected chi connectivity index (χ0v) is 5.81. The number of hydrogen-bond acceptors (Lipinski definition) is 2. The molecule has 2 N–H and O–H groups in total. The fourth-order valence-corrected chi connectivity index (χ4v) is 0.819. The molecule has 0 heterocycles. The minimum atomic E-state index is 0.320. The van der Waals surface area contributed by atoms with Crippen molar-refractivity contribution in [3.8, 4) is 6.07 Å². The number of benzene rings is 1. The zero-order chi connectivity index (χ0) is 7.56. The summed E-state index contributed by atoms with van der Waals surface area (Å²) in [5, 5.41) is 8.82. The maximum Gasteiger partial charge on any atom is 0.103 e. The number of halogens is 1.